The molecule has 6 heteroatoms. The summed E-state index contributed by atoms with van der Waals surface area (Å²) in [5.41, 5.74) is 4.05. The number of carboxylic acid groups (broad SMARTS) is 1. The number of aryl methyl sites for hydroxylation is 1. The van der Waals surface area contributed by atoms with E-state index in [1.54, 1.807) is 30.1 Å². The summed E-state index contributed by atoms with van der Waals surface area (Å²) in [7, 11) is 1.75. The molecule has 2 atom stereocenters. The molecule has 2 aromatic carbocycles. The number of hydrogen-bond acceptors (Lipinski definition) is 3. The van der Waals surface area contributed by atoms with Gasteiger partial charge in [0.1, 0.15) is 0 Å². The smallest absolute Gasteiger partial charge is 0.307 e. The molecule has 1 fully saturated rings. The van der Waals surface area contributed by atoms with Gasteiger partial charge in [-0.2, -0.15) is 0 Å². The molecule has 4 rings (SSSR count). The first-order valence-electron chi connectivity index (χ1n) is 8.97. The van der Waals surface area contributed by atoms with Crippen LogP contribution in [0.4, 0.5) is 11.4 Å². The van der Waals surface area contributed by atoms with Crippen molar-refractivity contribution in [3.8, 4) is 0 Å². The van der Waals surface area contributed by atoms with E-state index in [-0.39, 0.29) is 23.7 Å². The molecule has 1 heterocycles. The topological polar surface area (TPSA) is 86.7 Å². The van der Waals surface area contributed by atoms with Gasteiger partial charge in [-0.3, -0.25) is 14.4 Å². The van der Waals surface area contributed by atoms with Crippen LogP contribution in [0.3, 0.4) is 0 Å². The molecule has 6 nitrogen and oxygen atoms in total. The summed E-state index contributed by atoms with van der Waals surface area (Å²) < 4.78 is 0. The lowest BCUT2D eigenvalue weighted by Crippen LogP contribution is -2.31. The third-order valence-electron chi connectivity index (χ3n) is 5.39. The van der Waals surface area contributed by atoms with Crippen LogP contribution in [0.1, 0.15) is 40.2 Å². The van der Waals surface area contributed by atoms with Crippen LogP contribution in [0.25, 0.3) is 0 Å². The Kier molecular flexibility index (Phi) is 4.18. The number of nitrogens with zero attached hydrogens (tertiary/aromatic N) is 1. The quantitative estimate of drug-likeness (QED) is 0.873. The SMILES string of the molecule is CN1C(=O)CCc2cc(C(=O)Nc3ccc([C@@H]4C[C@H]4C(=O)O)cc3)ccc21. The van der Waals surface area contributed by atoms with Gasteiger partial charge < -0.3 is 15.3 Å². The van der Waals surface area contributed by atoms with E-state index in [0.717, 1.165) is 16.8 Å². The second-order valence-electron chi connectivity index (χ2n) is 7.16. The highest BCUT2D eigenvalue weighted by Gasteiger charge is 2.44. The monoisotopic (exact) mass is 364 g/mol. The van der Waals surface area contributed by atoms with Gasteiger partial charge in [-0.1, -0.05) is 12.1 Å². The lowest BCUT2D eigenvalue weighted by Gasteiger charge is -2.26. The summed E-state index contributed by atoms with van der Waals surface area (Å²) in [6.07, 6.45) is 1.77. The minimum absolute atomic E-state index is 0.0765. The summed E-state index contributed by atoms with van der Waals surface area (Å²) in [6.45, 7) is 0. The molecule has 2 N–H and O–H groups in total. The van der Waals surface area contributed by atoms with Crippen LogP contribution in [-0.2, 0) is 16.0 Å². The molecule has 0 radical (unpaired) electrons. The van der Waals surface area contributed by atoms with Crippen LogP contribution < -0.4 is 10.2 Å². The van der Waals surface area contributed by atoms with E-state index in [1.807, 2.05) is 24.3 Å². The summed E-state index contributed by atoms with van der Waals surface area (Å²) >= 11 is 0. The molecule has 2 aromatic rings. The molecule has 0 bridgehead atoms. The van der Waals surface area contributed by atoms with Crippen LogP contribution in [0.2, 0.25) is 0 Å². The van der Waals surface area contributed by atoms with Gasteiger partial charge in [0.05, 0.1) is 5.92 Å². The van der Waals surface area contributed by atoms with E-state index in [9.17, 15) is 14.4 Å². The maximum absolute atomic E-state index is 12.5. The van der Waals surface area contributed by atoms with Crippen LogP contribution in [0, 0.1) is 5.92 Å². The molecule has 0 spiro atoms. The Bertz CT molecular complexity index is 936. The van der Waals surface area contributed by atoms with Gasteiger partial charge in [0, 0.05) is 30.4 Å². The zero-order valence-electron chi connectivity index (χ0n) is 14.9. The summed E-state index contributed by atoms with van der Waals surface area (Å²) in [4.78, 5) is 36.9. The summed E-state index contributed by atoms with van der Waals surface area (Å²) in [5.74, 6) is -1.09. The van der Waals surface area contributed by atoms with Crippen molar-refractivity contribution in [1.29, 1.82) is 0 Å². The van der Waals surface area contributed by atoms with Crippen LogP contribution in [0.5, 0.6) is 0 Å². The van der Waals surface area contributed by atoms with E-state index >= 15 is 0 Å². The van der Waals surface area contributed by atoms with E-state index in [2.05, 4.69) is 5.32 Å². The number of carbonyl (C=O) groups is 3. The zero-order valence-corrected chi connectivity index (χ0v) is 14.9. The first kappa shape index (κ1) is 17.3. The number of hydrogen-bond donors (Lipinski definition) is 2. The molecule has 1 saturated carbocycles. The molecule has 1 aliphatic heterocycles. The van der Waals surface area contributed by atoms with Crippen LogP contribution in [0.15, 0.2) is 42.5 Å². The largest absolute Gasteiger partial charge is 0.481 e. The van der Waals surface area contributed by atoms with E-state index in [0.29, 0.717) is 30.5 Å². The molecule has 2 amide bonds. The molecule has 0 unspecified atom stereocenters. The Labute approximate surface area is 156 Å². The van der Waals surface area contributed by atoms with Gasteiger partial charge in [0.25, 0.3) is 5.91 Å². The predicted molar refractivity (Wildman–Crippen MR) is 101 cm³/mol. The number of carbonyl (C=O) groups excluding carboxylic acids is 2. The van der Waals surface area contributed by atoms with Crippen LogP contribution in [-0.4, -0.2) is 29.9 Å². The van der Waals surface area contributed by atoms with Crippen molar-refractivity contribution in [3.63, 3.8) is 0 Å². The molecule has 27 heavy (non-hydrogen) atoms. The summed E-state index contributed by atoms with van der Waals surface area (Å²) in [6, 6.07) is 12.7. The van der Waals surface area contributed by atoms with Gasteiger partial charge >= 0.3 is 5.97 Å². The second kappa shape index (κ2) is 6.54. The Balaban J connectivity index is 1.45. The molecule has 0 aromatic heterocycles. The van der Waals surface area contributed by atoms with Crippen molar-refractivity contribution < 1.29 is 19.5 Å². The molecule has 1 aliphatic carbocycles. The minimum Gasteiger partial charge on any atom is -0.481 e. The predicted octanol–water partition coefficient (Wildman–Crippen LogP) is 3.04. The minimum atomic E-state index is -0.753. The highest BCUT2D eigenvalue weighted by Crippen LogP contribution is 2.47. The average Bonchev–Trinajstić information content (AvgIpc) is 3.46. The van der Waals surface area contributed by atoms with Gasteiger partial charge in [-0.15, -0.1) is 0 Å². The fraction of sp³-hybridized carbons (Fsp3) is 0.286. The second-order valence-corrected chi connectivity index (χ2v) is 7.16. The Hall–Kier alpha value is -3.15. The van der Waals surface area contributed by atoms with E-state index < -0.39 is 5.97 Å². The molecular weight excluding hydrogens is 344 g/mol. The zero-order chi connectivity index (χ0) is 19.1. The number of aliphatic carboxylic acids is 1. The average molecular weight is 364 g/mol. The van der Waals surface area contributed by atoms with Gasteiger partial charge in [-0.05, 0) is 60.2 Å². The number of anilines is 2. The molecular formula is C21H20N2O4. The van der Waals surface area contributed by atoms with Crippen molar-refractivity contribution in [1.82, 2.24) is 0 Å². The van der Waals surface area contributed by atoms with E-state index in [4.69, 9.17) is 5.11 Å². The standard InChI is InChI=1S/C21H20N2O4/c1-23-18-8-4-14(10-13(18)5-9-19(23)24)20(25)22-15-6-2-12(3-7-15)16-11-17(16)21(26)27/h2-4,6-8,10,16-17H,5,9,11H2,1H3,(H,22,25)(H,26,27)/t16-,17+/m0/s1. The van der Waals surface area contributed by atoms with E-state index in [1.165, 1.54) is 0 Å². The van der Waals surface area contributed by atoms with Gasteiger partial charge in [0.15, 0.2) is 0 Å². The fourth-order valence-corrected chi connectivity index (χ4v) is 3.65. The Morgan fingerprint density at radius 2 is 1.85 bits per heavy atom. The highest BCUT2D eigenvalue weighted by molar-refractivity contribution is 6.05. The molecule has 0 saturated heterocycles. The molecule has 138 valence electrons. The highest BCUT2D eigenvalue weighted by atomic mass is 16.4. The van der Waals surface area contributed by atoms with Crippen molar-refractivity contribution >= 4 is 29.2 Å². The van der Waals surface area contributed by atoms with Crippen LogP contribution >= 0.6 is 0 Å². The van der Waals surface area contributed by atoms with Crippen molar-refractivity contribution in [2.45, 2.75) is 25.2 Å². The van der Waals surface area contributed by atoms with Gasteiger partial charge in [0.2, 0.25) is 5.91 Å². The maximum atomic E-state index is 12.5. The first-order valence-corrected chi connectivity index (χ1v) is 8.97. The van der Waals surface area contributed by atoms with Crippen molar-refractivity contribution in [2.24, 2.45) is 5.92 Å². The summed E-state index contributed by atoms with van der Waals surface area (Å²) in [5, 5.41) is 11.9. The number of nitrogens with one attached hydrogen (secondary N) is 1. The fourth-order valence-electron chi connectivity index (χ4n) is 3.65. The Morgan fingerprint density at radius 1 is 1.11 bits per heavy atom. The number of amides is 2. The number of benzene rings is 2. The Morgan fingerprint density at radius 3 is 2.52 bits per heavy atom. The third kappa shape index (κ3) is 3.30. The van der Waals surface area contributed by atoms with Crippen molar-refractivity contribution in [2.75, 3.05) is 17.3 Å². The third-order valence-corrected chi connectivity index (χ3v) is 5.39. The number of fused-ring (bicyclic) bond motifs is 1. The van der Waals surface area contributed by atoms with Gasteiger partial charge in [-0.25, -0.2) is 0 Å². The van der Waals surface area contributed by atoms with Crippen molar-refractivity contribution in [3.05, 3.63) is 59.2 Å². The lowest BCUT2D eigenvalue weighted by molar-refractivity contribution is -0.138. The number of rotatable bonds is 4. The molecule has 2 aliphatic rings. The first-order chi connectivity index (χ1) is 12.9. The normalized spacial score (nSPS) is 20.8. The number of carboxylic acids is 1. The lowest BCUT2D eigenvalue weighted by atomic mass is 9.99. The maximum Gasteiger partial charge on any atom is 0.307 e.